The quantitative estimate of drug-likeness (QED) is 0.440. The van der Waals surface area contributed by atoms with E-state index in [-0.39, 0.29) is 0 Å². The molecule has 0 fully saturated rings. The minimum atomic E-state index is -0.805. The predicted octanol–water partition coefficient (Wildman–Crippen LogP) is -0.847. The van der Waals surface area contributed by atoms with Crippen molar-refractivity contribution in [1.29, 1.82) is 0 Å². The number of nitrogens with two attached hydrogens (primary N) is 1. The van der Waals surface area contributed by atoms with Crippen LogP contribution in [0.25, 0.3) is 6.20 Å². The molecule has 60 valence electrons. The van der Waals surface area contributed by atoms with Gasteiger partial charge in [0.25, 0.3) is 0 Å². The second-order valence-electron chi connectivity index (χ2n) is 2.31. The number of aliphatic hydroxyl groups excluding tert-OH is 1. The number of nitrogens with zero attached hydrogens (tertiary/aromatic N) is 2. The van der Waals surface area contributed by atoms with Gasteiger partial charge >= 0.3 is 0 Å². The third-order valence-corrected chi connectivity index (χ3v) is 1.32. The van der Waals surface area contributed by atoms with Crippen molar-refractivity contribution < 1.29 is 9.67 Å². The molecular weight excluding hydrogens is 142 g/mol. The van der Waals surface area contributed by atoms with Crippen molar-refractivity contribution in [2.45, 2.75) is 12.8 Å². The summed E-state index contributed by atoms with van der Waals surface area (Å²) in [5.41, 5.74) is 5.17. The number of hydrogen-bond donors (Lipinski definition) is 2. The summed E-state index contributed by atoms with van der Waals surface area (Å²) in [6.07, 6.45) is 6.30. The first-order valence-corrected chi connectivity index (χ1v) is 3.35. The van der Waals surface area contributed by atoms with E-state index in [2.05, 4.69) is 6.58 Å². The lowest BCUT2D eigenvalue weighted by Crippen LogP contribution is -2.26. The molecular formula is C7H12N3O+. The molecule has 0 radical (unpaired) electrons. The van der Waals surface area contributed by atoms with E-state index in [0.717, 1.165) is 0 Å². The Morgan fingerprint density at radius 3 is 3.00 bits per heavy atom. The maximum atomic E-state index is 8.81. The second kappa shape index (κ2) is 3.32. The molecule has 1 rings (SSSR count). The van der Waals surface area contributed by atoms with Gasteiger partial charge in [0, 0.05) is 0 Å². The minimum absolute atomic E-state index is 0.404. The molecule has 1 aromatic heterocycles. The third kappa shape index (κ3) is 2.18. The normalized spacial score (nSPS) is 12.9. The predicted molar refractivity (Wildman–Crippen MR) is 41.2 cm³/mol. The molecule has 0 aliphatic rings. The van der Waals surface area contributed by atoms with Crippen LogP contribution in [-0.4, -0.2) is 15.9 Å². The van der Waals surface area contributed by atoms with Crippen molar-refractivity contribution in [2.75, 3.05) is 0 Å². The summed E-state index contributed by atoms with van der Waals surface area (Å²) < 4.78 is 3.56. The van der Waals surface area contributed by atoms with E-state index in [9.17, 15) is 0 Å². The fraction of sp³-hybridized carbons (Fsp3) is 0.286. The van der Waals surface area contributed by atoms with Crippen LogP contribution in [0.15, 0.2) is 25.3 Å². The first kappa shape index (κ1) is 7.97. The second-order valence-corrected chi connectivity index (χ2v) is 2.31. The highest BCUT2D eigenvalue weighted by molar-refractivity contribution is 4.94. The first-order chi connectivity index (χ1) is 5.22. The Bertz CT molecular complexity index is 242. The zero-order chi connectivity index (χ0) is 8.27. The number of aliphatic hydroxyl groups is 1. The average Bonchev–Trinajstić information content (AvgIpc) is 2.34. The van der Waals surface area contributed by atoms with Crippen molar-refractivity contribution in [2.24, 2.45) is 5.73 Å². The molecule has 1 atom stereocenters. The Balaban J connectivity index is 2.65. The third-order valence-electron chi connectivity index (χ3n) is 1.32. The van der Waals surface area contributed by atoms with E-state index < -0.39 is 6.23 Å². The summed E-state index contributed by atoms with van der Waals surface area (Å²) in [5, 5.41) is 8.81. The summed E-state index contributed by atoms with van der Waals surface area (Å²) in [7, 11) is 0. The van der Waals surface area contributed by atoms with Crippen LogP contribution in [0.2, 0.25) is 0 Å². The molecule has 3 N–H and O–H groups in total. The molecule has 0 spiro atoms. The van der Waals surface area contributed by atoms with Crippen LogP contribution < -0.4 is 10.3 Å². The summed E-state index contributed by atoms with van der Waals surface area (Å²) >= 11 is 0. The maximum Gasteiger partial charge on any atom is 0.248 e. The number of imidazole rings is 1. The van der Waals surface area contributed by atoms with E-state index in [4.69, 9.17) is 10.8 Å². The van der Waals surface area contributed by atoms with E-state index in [1.807, 2.05) is 12.4 Å². The van der Waals surface area contributed by atoms with Gasteiger partial charge in [0.15, 0.2) is 0 Å². The molecule has 0 aromatic carbocycles. The zero-order valence-corrected chi connectivity index (χ0v) is 6.22. The zero-order valence-electron chi connectivity index (χ0n) is 6.22. The van der Waals surface area contributed by atoms with E-state index in [0.29, 0.717) is 6.54 Å². The van der Waals surface area contributed by atoms with Crippen LogP contribution in [-0.2, 0) is 6.54 Å². The molecule has 1 unspecified atom stereocenters. The topological polar surface area (TPSA) is 55.1 Å². The molecule has 1 aromatic rings. The van der Waals surface area contributed by atoms with Crippen molar-refractivity contribution in [3.8, 4) is 0 Å². The van der Waals surface area contributed by atoms with Crippen LogP contribution in [0.3, 0.4) is 0 Å². The molecule has 1 heterocycles. The van der Waals surface area contributed by atoms with Crippen molar-refractivity contribution in [1.82, 2.24) is 4.57 Å². The van der Waals surface area contributed by atoms with E-state index in [1.54, 1.807) is 21.7 Å². The van der Waals surface area contributed by atoms with Gasteiger partial charge in [-0.3, -0.25) is 0 Å². The molecule has 0 aliphatic heterocycles. The summed E-state index contributed by atoms with van der Waals surface area (Å²) in [4.78, 5) is 0. The lowest BCUT2D eigenvalue weighted by atomic mass is 10.6. The largest absolute Gasteiger partial charge is 0.375 e. The van der Waals surface area contributed by atoms with Gasteiger partial charge in [-0.2, -0.15) is 0 Å². The van der Waals surface area contributed by atoms with Gasteiger partial charge in [-0.15, -0.1) is 0 Å². The highest BCUT2D eigenvalue weighted by Crippen LogP contribution is 1.85. The fourth-order valence-corrected chi connectivity index (χ4v) is 0.843. The molecule has 0 saturated carbocycles. The first-order valence-electron chi connectivity index (χ1n) is 3.35. The van der Waals surface area contributed by atoms with Crippen molar-refractivity contribution in [3.05, 3.63) is 25.3 Å². The Labute approximate surface area is 65.2 Å². The van der Waals surface area contributed by atoms with Gasteiger partial charge in [-0.05, 0) is 0 Å². The van der Waals surface area contributed by atoms with Gasteiger partial charge in [0.2, 0.25) is 6.33 Å². The Kier molecular flexibility index (Phi) is 2.40. The molecule has 11 heavy (non-hydrogen) atoms. The van der Waals surface area contributed by atoms with E-state index in [1.165, 1.54) is 0 Å². The van der Waals surface area contributed by atoms with Crippen LogP contribution in [0.1, 0.15) is 0 Å². The summed E-state index contributed by atoms with van der Waals surface area (Å²) in [5.74, 6) is 0. The van der Waals surface area contributed by atoms with Crippen molar-refractivity contribution in [3.63, 3.8) is 0 Å². The average molecular weight is 154 g/mol. The minimum Gasteiger partial charge on any atom is -0.375 e. The van der Waals surface area contributed by atoms with Crippen molar-refractivity contribution >= 4 is 6.20 Å². The Morgan fingerprint density at radius 1 is 1.82 bits per heavy atom. The number of aromatic nitrogens is 2. The smallest absolute Gasteiger partial charge is 0.248 e. The molecule has 0 amide bonds. The highest BCUT2D eigenvalue weighted by atomic mass is 16.3. The lowest BCUT2D eigenvalue weighted by Gasteiger charge is -1.97. The number of hydrogen-bond acceptors (Lipinski definition) is 2. The van der Waals surface area contributed by atoms with E-state index >= 15 is 0 Å². The number of rotatable bonds is 3. The van der Waals surface area contributed by atoms with Gasteiger partial charge in [0.05, 0.1) is 6.20 Å². The van der Waals surface area contributed by atoms with Gasteiger partial charge in [-0.25, -0.2) is 9.13 Å². The highest BCUT2D eigenvalue weighted by Gasteiger charge is 2.03. The SMILES string of the molecule is C=C[n+]1ccn(CC(N)O)c1. The summed E-state index contributed by atoms with van der Waals surface area (Å²) in [6.45, 7) is 3.98. The molecule has 4 heteroatoms. The van der Waals surface area contributed by atoms with Crippen LogP contribution in [0, 0.1) is 0 Å². The van der Waals surface area contributed by atoms with Gasteiger partial charge < -0.3 is 10.8 Å². The van der Waals surface area contributed by atoms with Crippen LogP contribution in [0.5, 0.6) is 0 Å². The maximum absolute atomic E-state index is 8.81. The summed E-state index contributed by atoms with van der Waals surface area (Å²) in [6, 6.07) is 0. The fourth-order valence-electron chi connectivity index (χ4n) is 0.843. The van der Waals surface area contributed by atoms with Gasteiger partial charge in [0.1, 0.15) is 25.2 Å². The monoisotopic (exact) mass is 154 g/mol. The Morgan fingerprint density at radius 2 is 2.55 bits per heavy atom. The standard InChI is InChI=1S/C7H12N3O/c1-2-9-3-4-10(6-9)5-7(8)11/h2-4,6-7,11H,1,5,8H2/q+1. The Hall–Kier alpha value is -1.13. The molecule has 0 bridgehead atoms. The van der Waals surface area contributed by atoms with Gasteiger partial charge in [-0.1, -0.05) is 6.58 Å². The lowest BCUT2D eigenvalue weighted by molar-refractivity contribution is -0.567. The molecule has 4 nitrogen and oxygen atoms in total. The molecule has 0 saturated heterocycles. The van der Waals surface area contributed by atoms with Crippen LogP contribution in [0.4, 0.5) is 0 Å². The molecule has 0 aliphatic carbocycles. The van der Waals surface area contributed by atoms with Crippen LogP contribution >= 0.6 is 0 Å².